The summed E-state index contributed by atoms with van der Waals surface area (Å²) in [6.07, 6.45) is 10.1. The van der Waals surface area contributed by atoms with E-state index in [1.54, 1.807) is 18.3 Å². The summed E-state index contributed by atoms with van der Waals surface area (Å²) in [6, 6.07) is 5.34. The molecule has 2 N–H and O–H groups in total. The van der Waals surface area contributed by atoms with Gasteiger partial charge >= 0.3 is 0 Å². The van der Waals surface area contributed by atoms with Gasteiger partial charge in [-0.05, 0) is 31.5 Å². The van der Waals surface area contributed by atoms with Crippen LogP contribution in [0.3, 0.4) is 0 Å². The molecule has 3 rings (SSSR count). The zero-order chi connectivity index (χ0) is 16.8. The van der Waals surface area contributed by atoms with Crippen molar-refractivity contribution in [3.8, 4) is 11.3 Å². The molecule has 0 amide bonds. The zero-order valence-electron chi connectivity index (χ0n) is 13.5. The second kappa shape index (κ2) is 7.66. The average molecular weight is 320 g/mol. The van der Waals surface area contributed by atoms with Gasteiger partial charge in [0.25, 0.3) is 0 Å². The topological polar surface area (TPSA) is 74.0 Å². The molecule has 0 unspecified atom stereocenters. The first-order valence-corrected chi connectivity index (χ1v) is 8.17. The number of rotatable bonds is 7. The van der Waals surface area contributed by atoms with Gasteiger partial charge in [0.05, 0.1) is 35.7 Å². The molecular formula is C18H20N6. The average Bonchev–Trinajstić information content (AvgIpc) is 3.09. The minimum atomic E-state index is 0.571. The summed E-state index contributed by atoms with van der Waals surface area (Å²) in [5.41, 5.74) is 9.32. The van der Waals surface area contributed by atoms with Crippen LogP contribution in [0.25, 0.3) is 27.1 Å². The number of benzene rings is 1. The molecule has 1 aromatic carbocycles. The van der Waals surface area contributed by atoms with Crippen LogP contribution in [0.4, 0.5) is 5.69 Å². The van der Waals surface area contributed by atoms with Crippen LogP contribution in [0.5, 0.6) is 0 Å². The van der Waals surface area contributed by atoms with Crippen molar-refractivity contribution in [2.45, 2.75) is 32.2 Å². The van der Waals surface area contributed by atoms with Gasteiger partial charge in [-0.2, -0.15) is 5.10 Å². The van der Waals surface area contributed by atoms with Gasteiger partial charge in [-0.15, -0.1) is 0 Å². The molecular weight excluding hydrogens is 300 g/mol. The Labute approximate surface area is 141 Å². The van der Waals surface area contributed by atoms with E-state index in [-0.39, 0.29) is 0 Å². The van der Waals surface area contributed by atoms with Gasteiger partial charge < -0.3 is 5.73 Å². The molecule has 6 nitrogen and oxygen atoms in total. The Morgan fingerprint density at radius 3 is 2.79 bits per heavy atom. The first-order valence-electron chi connectivity index (χ1n) is 8.17. The summed E-state index contributed by atoms with van der Waals surface area (Å²) in [4.78, 5) is 12.5. The lowest BCUT2D eigenvalue weighted by molar-refractivity contribution is 0.537. The number of fused-ring (bicyclic) bond motifs is 1. The Balaban J connectivity index is 1.72. The lowest BCUT2D eigenvalue weighted by Gasteiger charge is -2.02. The molecule has 0 bridgehead atoms. The van der Waals surface area contributed by atoms with E-state index in [1.165, 1.54) is 12.8 Å². The zero-order valence-corrected chi connectivity index (χ0v) is 13.5. The van der Waals surface area contributed by atoms with Crippen molar-refractivity contribution >= 4 is 16.7 Å². The third-order valence-electron chi connectivity index (χ3n) is 3.93. The third kappa shape index (κ3) is 3.76. The number of aromatic nitrogens is 4. The van der Waals surface area contributed by atoms with E-state index in [0.29, 0.717) is 5.69 Å². The maximum Gasteiger partial charge on any atom is 0.189 e. The van der Waals surface area contributed by atoms with Crippen LogP contribution in [0.15, 0.2) is 36.8 Å². The SMILES string of the molecule is [C-]#[N+]c1ccc2ncc(-c3cnn(CCCCCCN)c3)nc2c1. The van der Waals surface area contributed by atoms with Crippen LogP contribution in [-0.2, 0) is 6.54 Å². The Morgan fingerprint density at radius 1 is 1.08 bits per heavy atom. The summed E-state index contributed by atoms with van der Waals surface area (Å²) in [6.45, 7) is 8.77. The number of nitrogens with zero attached hydrogens (tertiary/aromatic N) is 5. The molecule has 0 saturated heterocycles. The number of aryl methyl sites for hydroxylation is 1. The first kappa shape index (κ1) is 16.1. The van der Waals surface area contributed by atoms with Crippen LogP contribution in [0, 0.1) is 6.57 Å². The van der Waals surface area contributed by atoms with E-state index in [1.807, 2.05) is 23.1 Å². The fourth-order valence-corrected chi connectivity index (χ4v) is 2.60. The van der Waals surface area contributed by atoms with E-state index in [9.17, 15) is 0 Å². The molecule has 0 atom stereocenters. The van der Waals surface area contributed by atoms with Crippen molar-refractivity contribution in [1.29, 1.82) is 0 Å². The highest BCUT2D eigenvalue weighted by Crippen LogP contribution is 2.22. The van der Waals surface area contributed by atoms with Gasteiger partial charge in [-0.3, -0.25) is 9.67 Å². The lowest BCUT2D eigenvalue weighted by Crippen LogP contribution is -2.00. The molecule has 0 aliphatic heterocycles. The van der Waals surface area contributed by atoms with Crippen LogP contribution in [-0.4, -0.2) is 26.3 Å². The van der Waals surface area contributed by atoms with Gasteiger partial charge in [0.1, 0.15) is 0 Å². The molecule has 0 aliphatic carbocycles. The Morgan fingerprint density at radius 2 is 1.96 bits per heavy atom. The molecule has 0 radical (unpaired) electrons. The number of nitrogens with two attached hydrogens (primary N) is 1. The second-order valence-electron chi connectivity index (χ2n) is 5.74. The molecule has 0 spiro atoms. The van der Waals surface area contributed by atoms with E-state index in [0.717, 1.165) is 48.2 Å². The van der Waals surface area contributed by atoms with Crippen LogP contribution in [0.2, 0.25) is 0 Å². The normalized spacial score (nSPS) is 10.8. The molecule has 2 heterocycles. The highest BCUT2D eigenvalue weighted by molar-refractivity contribution is 5.80. The maximum absolute atomic E-state index is 7.10. The van der Waals surface area contributed by atoms with Crippen molar-refractivity contribution in [2.75, 3.05) is 6.54 Å². The van der Waals surface area contributed by atoms with Crippen molar-refractivity contribution in [2.24, 2.45) is 5.73 Å². The highest BCUT2D eigenvalue weighted by atomic mass is 15.3. The Bertz CT molecular complexity index is 861. The number of hydrogen-bond acceptors (Lipinski definition) is 4. The first-order chi connectivity index (χ1) is 11.8. The number of hydrogen-bond donors (Lipinski definition) is 1. The predicted molar refractivity (Wildman–Crippen MR) is 94.5 cm³/mol. The molecule has 24 heavy (non-hydrogen) atoms. The van der Waals surface area contributed by atoms with Crippen LogP contribution in [0.1, 0.15) is 25.7 Å². The van der Waals surface area contributed by atoms with Crippen molar-refractivity contribution < 1.29 is 0 Å². The summed E-state index contributed by atoms with van der Waals surface area (Å²) in [5, 5.41) is 4.40. The van der Waals surface area contributed by atoms with E-state index in [4.69, 9.17) is 12.3 Å². The fraction of sp³-hybridized carbons (Fsp3) is 0.333. The highest BCUT2D eigenvalue weighted by Gasteiger charge is 2.06. The number of unbranched alkanes of at least 4 members (excludes halogenated alkanes) is 3. The molecule has 0 fully saturated rings. The minimum Gasteiger partial charge on any atom is -0.330 e. The maximum atomic E-state index is 7.10. The summed E-state index contributed by atoms with van der Waals surface area (Å²) >= 11 is 0. The predicted octanol–water partition coefficient (Wildman–Crippen LogP) is 3.56. The molecule has 122 valence electrons. The largest absolute Gasteiger partial charge is 0.330 e. The van der Waals surface area contributed by atoms with Crippen LogP contribution < -0.4 is 5.73 Å². The summed E-state index contributed by atoms with van der Waals surface area (Å²) in [5.74, 6) is 0. The quantitative estimate of drug-likeness (QED) is 0.533. The molecule has 2 aromatic heterocycles. The van der Waals surface area contributed by atoms with E-state index < -0.39 is 0 Å². The molecule has 6 heteroatoms. The monoisotopic (exact) mass is 320 g/mol. The Kier molecular flexibility index (Phi) is 5.14. The van der Waals surface area contributed by atoms with E-state index in [2.05, 4.69) is 19.9 Å². The van der Waals surface area contributed by atoms with Crippen molar-refractivity contribution in [3.63, 3.8) is 0 Å². The van der Waals surface area contributed by atoms with Crippen molar-refractivity contribution in [1.82, 2.24) is 19.7 Å². The lowest BCUT2D eigenvalue weighted by atomic mass is 10.2. The minimum absolute atomic E-state index is 0.571. The van der Waals surface area contributed by atoms with Crippen LogP contribution >= 0.6 is 0 Å². The van der Waals surface area contributed by atoms with Gasteiger partial charge in [0.2, 0.25) is 0 Å². The molecule has 0 saturated carbocycles. The van der Waals surface area contributed by atoms with Gasteiger partial charge in [0, 0.05) is 18.3 Å². The van der Waals surface area contributed by atoms with E-state index >= 15 is 0 Å². The van der Waals surface area contributed by atoms with Gasteiger partial charge in [-0.25, -0.2) is 9.83 Å². The summed E-state index contributed by atoms with van der Waals surface area (Å²) < 4.78 is 1.94. The van der Waals surface area contributed by atoms with Crippen molar-refractivity contribution in [3.05, 3.63) is 48.2 Å². The van der Waals surface area contributed by atoms with Gasteiger partial charge in [-0.1, -0.05) is 18.9 Å². The summed E-state index contributed by atoms with van der Waals surface area (Å²) in [7, 11) is 0. The standard InChI is InChI=1S/C18H20N6/c1-20-15-6-7-16-17(10-15)23-18(12-21-16)14-11-22-24(13-14)9-5-3-2-4-8-19/h6-7,10-13H,2-5,8-9,19H2. The third-order valence-corrected chi connectivity index (χ3v) is 3.93. The molecule has 0 aliphatic rings. The Hall–Kier alpha value is -2.78. The smallest absolute Gasteiger partial charge is 0.189 e. The second-order valence-corrected chi connectivity index (χ2v) is 5.74. The molecule has 3 aromatic rings. The van der Waals surface area contributed by atoms with Gasteiger partial charge in [0.15, 0.2) is 5.69 Å². The fourth-order valence-electron chi connectivity index (χ4n) is 2.60.